The highest BCUT2D eigenvalue weighted by molar-refractivity contribution is 4.52. The minimum absolute atomic E-state index is 0.775. The van der Waals surface area contributed by atoms with E-state index in [4.69, 9.17) is 9.78 Å². The fraction of sp³-hybridized carbons (Fsp3) is 1.00. The predicted molar refractivity (Wildman–Crippen MR) is 189 cm³/mol. The van der Waals surface area contributed by atoms with Gasteiger partial charge < -0.3 is 0 Å². The molecule has 0 N–H and O–H groups in total. The summed E-state index contributed by atoms with van der Waals surface area (Å²) in [5.74, 6) is 0. The van der Waals surface area contributed by atoms with Crippen LogP contribution in [-0.2, 0) is 9.78 Å². The maximum atomic E-state index is 5.39. The van der Waals surface area contributed by atoms with Crippen LogP contribution in [0.1, 0.15) is 245 Å². The van der Waals surface area contributed by atoms with Crippen LogP contribution in [-0.4, -0.2) is 13.2 Å². The Morgan fingerprint density at radius 3 is 0.500 bits per heavy atom. The van der Waals surface area contributed by atoms with Crippen molar-refractivity contribution < 1.29 is 9.78 Å². The van der Waals surface area contributed by atoms with Gasteiger partial charge in [-0.1, -0.05) is 232 Å². The molecule has 2 heteroatoms. The number of unbranched alkanes of at least 4 members (excludes halogenated alkanes) is 34. The van der Waals surface area contributed by atoms with Gasteiger partial charge >= 0.3 is 0 Å². The van der Waals surface area contributed by atoms with Crippen LogP contribution in [0.5, 0.6) is 0 Å². The van der Waals surface area contributed by atoms with Gasteiger partial charge in [-0.3, -0.25) is 0 Å². The molecule has 0 spiro atoms. The third kappa shape index (κ3) is 39.9. The quantitative estimate of drug-likeness (QED) is 0.0400. The van der Waals surface area contributed by atoms with Crippen molar-refractivity contribution in [2.45, 2.75) is 245 Å². The maximum absolute atomic E-state index is 5.39. The van der Waals surface area contributed by atoms with Gasteiger partial charge in [-0.15, -0.1) is 0 Å². The molecule has 0 aromatic carbocycles. The normalized spacial score (nSPS) is 11.6. The molecular formula is C40H82O2. The molecule has 0 heterocycles. The fourth-order valence-electron chi connectivity index (χ4n) is 6.24. The lowest BCUT2D eigenvalue weighted by atomic mass is 10.0. The standard InChI is InChI=1S/C40H82O2/c1-3-5-7-9-11-13-15-17-19-21-22-23-24-26-28-30-32-34-36-38-40-42-41-39-37-35-33-31-29-27-25-20-18-16-14-12-10-8-6-4-2/h3-40H2,1-2H3. The second kappa shape index (κ2) is 40.9. The zero-order chi connectivity index (χ0) is 30.3. The molecule has 0 saturated carbocycles. The summed E-state index contributed by atoms with van der Waals surface area (Å²) in [5.41, 5.74) is 0. The Morgan fingerprint density at radius 2 is 0.333 bits per heavy atom. The zero-order valence-electron chi connectivity index (χ0n) is 29.7. The molecular weight excluding hydrogens is 512 g/mol. The van der Waals surface area contributed by atoms with E-state index in [1.54, 1.807) is 0 Å². The summed E-state index contributed by atoms with van der Waals surface area (Å²) in [4.78, 5) is 10.8. The van der Waals surface area contributed by atoms with Gasteiger partial charge in [0.2, 0.25) is 0 Å². The molecule has 0 fully saturated rings. The van der Waals surface area contributed by atoms with Crippen molar-refractivity contribution in [2.24, 2.45) is 0 Å². The predicted octanol–water partition coefficient (Wildman–Crippen LogP) is 15.0. The molecule has 0 aromatic heterocycles. The Bertz CT molecular complexity index is 397. The Labute approximate surface area is 267 Å². The first kappa shape index (κ1) is 41.9. The monoisotopic (exact) mass is 595 g/mol. The number of rotatable bonds is 39. The molecule has 0 radical (unpaired) electrons. The van der Waals surface area contributed by atoms with Crippen molar-refractivity contribution in [2.75, 3.05) is 13.2 Å². The van der Waals surface area contributed by atoms with Crippen molar-refractivity contribution in [3.63, 3.8) is 0 Å². The lowest BCUT2D eigenvalue weighted by Crippen LogP contribution is -1.99. The molecule has 254 valence electrons. The summed E-state index contributed by atoms with van der Waals surface area (Å²) in [7, 11) is 0. The van der Waals surface area contributed by atoms with Crippen molar-refractivity contribution in [3.05, 3.63) is 0 Å². The molecule has 0 aliphatic heterocycles. The van der Waals surface area contributed by atoms with E-state index in [2.05, 4.69) is 13.8 Å². The van der Waals surface area contributed by atoms with Crippen LogP contribution in [0.3, 0.4) is 0 Å². The molecule has 0 aromatic rings. The van der Waals surface area contributed by atoms with Crippen molar-refractivity contribution in [1.82, 2.24) is 0 Å². The van der Waals surface area contributed by atoms with Crippen LogP contribution in [0.2, 0.25) is 0 Å². The molecule has 0 bridgehead atoms. The van der Waals surface area contributed by atoms with Crippen molar-refractivity contribution >= 4 is 0 Å². The highest BCUT2D eigenvalue weighted by Gasteiger charge is 1.98. The highest BCUT2D eigenvalue weighted by atomic mass is 17.2. The summed E-state index contributed by atoms with van der Waals surface area (Å²) in [6.45, 7) is 6.15. The van der Waals surface area contributed by atoms with Gasteiger partial charge in [-0.25, -0.2) is 9.78 Å². The van der Waals surface area contributed by atoms with E-state index in [1.165, 1.54) is 218 Å². The van der Waals surface area contributed by atoms with E-state index in [0.29, 0.717) is 0 Å². The first-order chi connectivity index (χ1) is 20.9. The number of hydrogen-bond acceptors (Lipinski definition) is 2. The molecule has 0 rings (SSSR count). The van der Waals surface area contributed by atoms with Gasteiger partial charge in [0.25, 0.3) is 0 Å². The van der Waals surface area contributed by atoms with Crippen molar-refractivity contribution in [1.29, 1.82) is 0 Å². The molecule has 0 aliphatic rings. The third-order valence-electron chi connectivity index (χ3n) is 9.25. The summed E-state index contributed by atoms with van der Waals surface area (Å²) in [6.07, 6.45) is 51.1. The van der Waals surface area contributed by atoms with Crippen molar-refractivity contribution in [3.8, 4) is 0 Å². The van der Waals surface area contributed by atoms with E-state index in [-0.39, 0.29) is 0 Å². The minimum Gasteiger partial charge on any atom is -0.237 e. The van der Waals surface area contributed by atoms with E-state index in [9.17, 15) is 0 Å². The summed E-state index contributed by atoms with van der Waals surface area (Å²) in [5, 5.41) is 0. The molecule has 0 amide bonds. The lowest BCUT2D eigenvalue weighted by molar-refractivity contribution is -0.295. The Kier molecular flexibility index (Phi) is 40.8. The average Bonchev–Trinajstić information content (AvgIpc) is 3.00. The summed E-state index contributed by atoms with van der Waals surface area (Å²) >= 11 is 0. The maximum Gasteiger partial charge on any atom is 0.0822 e. The van der Waals surface area contributed by atoms with Crippen LogP contribution in [0, 0.1) is 0 Å². The van der Waals surface area contributed by atoms with Crippen LogP contribution in [0.25, 0.3) is 0 Å². The topological polar surface area (TPSA) is 18.5 Å². The molecule has 42 heavy (non-hydrogen) atoms. The Morgan fingerprint density at radius 1 is 0.190 bits per heavy atom. The van der Waals surface area contributed by atoms with Crippen LogP contribution < -0.4 is 0 Å². The average molecular weight is 595 g/mol. The van der Waals surface area contributed by atoms with Gasteiger partial charge in [0, 0.05) is 0 Å². The van der Waals surface area contributed by atoms with Crippen LogP contribution >= 0.6 is 0 Å². The van der Waals surface area contributed by atoms with E-state index >= 15 is 0 Å². The van der Waals surface area contributed by atoms with E-state index in [0.717, 1.165) is 26.1 Å². The van der Waals surface area contributed by atoms with Gasteiger partial charge in [-0.2, -0.15) is 0 Å². The second-order valence-electron chi connectivity index (χ2n) is 13.7. The van der Waals surface area contributed by atoms with Gasteiger partial charge in [0.05, 0.1) is 13.2 Å². The van der Waals surface area contributed by atoms with Crippen LogP contribution in [0.4, 0.5) is 0 Å². The molecule has 0 atom stereocenters. The minimum atomic E-state index is 0.775. The second-order valence-corrected chi connectivity index (χ2v) is 13.7. The summed E-state index contributed by atoms with van der Waals surface area (Å²) in [6, 6.07) is 0. The number of hydrogen-bond donors (Lipinski definition) is 0. The third-order valence-corrected chi connectivity index (χ3v) is 9.25. The molecule has 2 nitrogen and oxygen atoms in total. The Balaban J connectivity index is 3.02. The molecule has 0 saturated heterocycles. The first-order valence-corrected chi connectivity index (χ1v) is 20.2. The molecule has 0 aliphatic carbocycles. The first-order valence-electron chi connectivity index (χ1n) is 20.2. The van der Waals surface area contributed by atoms with Gasteiger partial charge in [0.1, 0.15) is 0 Å². The molecule has 0 unspecified atom stereocenters. The zero-order valence-corrected chi connectivity index (χ0v) is 29.7. The highest BCUT2D eigenvalue weighted by Crippen LogP contribution is 2.16. The lowest BCUT2D eigenvalue weighted by Gasteiger charge is -2.05. The van der Waals surface area contributed by atoms with Gasteiger partial charge in [-0.05, 0) is 12.8 Å². The van der Waals surface area contributed by atoms with Gasteiger partial charge in [0.15, 0.2) is 0 Å². The smallest absolute Gasteiger partial charge is 0.0822 e. The summed E-state index contributed by atoms with van der Waals surface area (Å²) < 4.78 is 0. The van der Waals surface area contributed by atoms with E-state index in [1.807, 2.05) is 0 Å². The Hall–Kier alpha value is -0.0800. The van der Waals surface area contributed by atoms with E-state index < -0.39 is 0 Å². The van der Waals surface area contributed by atoms with Crippen LogP contribution in [0.15, 0.2) is 0 Å². The largest absolute Gasteiger partial charge is 0.237 e. The SMILES string of the molecule is CCCCCCCCCCCCCCCCCCCCCCOOCCCCCCCCCCCCCCCCCC. The fourth-order valence-corrected chi connectivity index (χ4v) is 6.24.